The van der Waals surface area contributed by atoms with Crippen LogP contribution in [0.4, 0.5) is 4.39 Å². The van der Waals surface area contributed by atoms with Gasteiger partial charge in [0.05, 0.1) is 11.6 Å². The van der Waals surface area contributed by atoms with Gasteiger partial charge in [-0.05, 0) is 18.2 Å². The molecule has 1 aromatic carbocycles. The number of carbonyl (C=O) groups excluding carboxylic acids is 1. The fourth-order valence-electron chi connectivity index (χ4n) is 0.937. The SMILES string of the molecule is NC(=O)CNS(=O)(=O)c1ccc(F)cc1Cl. The topological polar surface area (TPSA) is 89.3 Å². The number of primary amides is 1. The van der Waals surface area contributed by atoms with Crippen molar-refractivity contribution < 1.29 is 17.6 Å². The molecule has 5 nitrogen and oxygen atoms in total. The van der Waals surface area contributed by atoms with Crippen LogP contribution in [0.2, 0.25) is 5.02 Å². The fourth-order valence-corrected chi connectivity index (χ4v) is 2.46. The lowest BCUT2D eigenvalue weighted by molar-refractivity contribution is -0.116. The molecule has 0 unspecified atom stereocenters. The minimum Gasteiger partial charge on any atom is -0.369 e. The third kappa shape index (κ3) is 3.16. The number of nitrogens with two attached hydrogens (primary N) is 1. The second kappa shape index (κ2) is 4.77. The van der Waals surface area contributed by atoms with Gasteiger partial charge in [-0.25, -0.2) is 17.5 Å². The Bertz CT molecular complexity index is 518. The van der Waals surface area contributed by atoms with Crippen LogP contribution < -0.4 is 10.5 Å². The van der Waals surface area contributed by atoms with Gasteiger partial charge in [-0.3, -0.25) is 4.79 Å². The third-order valence-corrected chi connectivity index (χ3v) is 3.50. The number of nitrogens with one attached hydrogen (secondary N) is 1. The number of rotatable bonds is 4. The Hall–Kier alpha value is -1.18. The summed E-state index contributed by atoms with van der Waals surface area (Å²) in [5.74, 6) is -1.49. The predicted molar refractivity (Wildman–Crippen MR) is 55.8 cm³/mol. The summed E-state index contributed by atoms with van der Waals surface area (Å²) in [5, 5.41) is -0.267. The first kappa shape index (κ1) is 12.9. The number of hydrogen-bond acceptors (Lipinski definition) is 3. The van der Waals surface area contributed by atoms with Crippen LogP contribution in [-0.4, -0.2) is 20.9 Å². The van der Waals surface area contributed by atoms with Crippen molar-refractivity contribution in [1.29, 1.82) is 0 Å². The molecular formula is C8H8ClFN2O3S. The smallest absolute Gasteiger partial charge is 0.242 e. The van der Waals surface area contributed by atoms with Gasteiger partial charge < -0.3 is 5.73 Å². The molecule has 0 radical (unpaired) electrons. The van der Waals surface area contributed by atoms with Crippen LogP contribution >= 0.6 is 11.6 Å². The van der Waals surface area contributed by atoms with E-state index in [0.717, 1.165) is 18.2 Å². The van der Waals surface area contributed by atoms with Gasteiger partial charge in [0, 0.05) is 0 Å². The monoisotopic (exact) mass is 266 g/mol. The predicted octanol–water partition coefficient (Wildman–Crippen LogP) is 0.243. The van der Waals surface area contributed by atoms with Crippen molar-refractivity contribution in [3.8, 4) is 0 Å². The van der Waals surface area contributed by atoms with Gasteiger partial charge in [0.2, 0.25) is 15.9 Å². The van der Waals surface area contributed by atoms with Gasteiger partial charge in [-0.15, -0.1) is 0 Å². The van der Waals surface area contributed by atoms with Crippen molar-refractivity contribution in [1.82, 2.24) is 4.72 Å². The van der Waals surface area contributed by atoms with E-state index in [1.807, 2.05) is 4.72 Å². The molecule has 0 aliphatic carbocycles. The zero-order valence-electron chi connectivity index (χ0n) is 7.91. The molecular weight excluding hydrogens is 259 g/mol. The van der Waals surface area contributed by atoms with Gasteiger partial charge >= 0.3 is 0 Å². The molecule has 0 atom stereocenters. The maximum Gasteiger partial charge on any atom is 0.242 e. The Morgan fingerprint density at radius 2 is 2.12 bits per heavy atom. The lowest BCUT2D eigenvalue weighted by Gasteiger charge is -2.06. The minimum atomic E-state index is -3.95. The van der Waals surface area contributed by atoms with E-state index in [1.165, 1.54) is 0 Å². The Morgan fingerprint density at radius 1 is 1.50 bits per heavy atom. The van der Waals surface area contributed by atoms with Gasteiger partial charge in [0.1, 0.15) is 10.7 Å². The number of halogens is 2. The van der Waals surface area contributed by atoms with Crippen molar-refractivity contribution >= 4 is 27.5 Å². The summed E-state index contributed by atoms with van der Waals surface area (Å²) in [5.41, 5.74) is 4.78. The number of carbonyl (C=O) groups is 1. The highest BCUT2D eigenvalue weighted by molar-refractivity contribution is 7.89. The highest BCUT2D eigenvalue weighted by Gasteiger charge is 2.18. The normalized spacial score (nSPS) is 11.4. The van der Waals surface area contributed by atoms with Crippen LogP contribution in [0.15, 0.2) is 23.1 Å². The van der Waals surface area contributed by atoms with Crippen LogP contribution in [0, 0.1) is 5.82 Å². The Morgan fingerprint density at radius 3 is 2.62 bits per heavy atom. The second-order valence-corrected chi connectivity index (χ2v) is 5.01. The molecule has 0 saturated carbocycles. The molecule has 0 saturated heterocycles. The summed E-state index contributed by atoms with van der Waals surface area (Å²) < 4.78 is 37.7. The quantitative estimate of drug-likeness (QED) is 0.818. The summed E-state index contributed by atoms with van der Waals surface area (Å²) in [6.45, 7) is -0.546. The molecule has 0 aromatic heterocycles. The van der Waals surface area contributed by atoms with Gasteiger partial charge in [0.25, 0.3) is 0 Å². The zero-order chi connectivity index (χ0) is 12.3. The maximum absolute atomic E-state index is 12.7. The molecule has 1 rings (SSSR count). The molecule has 0 heterocycles. The van der Waals surface area contributed by atoms with E-state index in [9.17, 15) is 17.6 Å². The largest absolute Gasteiger partial charge is 0.369 e. The van der Waals surface area contributed by atoms with Crippen molar-refractivity contribution in [2.75, 3.05) is 6.54 Å². The van der Waals surface area contributed by atoms with E-state index >= 15 is 0 Å². The molecule has 3 N–H and O–H groups in total. The van der Waals surface area contributed by atoms with E-state index < -0.39 is 28.3 Å². The molecule has 0 fully saturated rings. The first-order chi connectivity index (χ1) is 7.33. The molecule has 1 amide bonds. The number of hydrogen-bond donors (Lipinski definition) is 2. The summed E-state index contributed by atoms with van der Waals surface area (Å²) in [6.07, 6.45) is 0. The van der Waals surface area contributed by atoms with E-state index in [0.29, 0.717) is 0 Å². The molecule has 1 aromatic rings. The van der Waals surface area contributed by atoms with Crippen molar-refractivity contribution in [3.63, 3.8) is 0 Å². The fraction of sp³-hybridized carbons (Fsp3) is 0.125. The average molecular weight is 267 g/mol. The van der Waals surface area contributed by atoms with Crippen LogP contribution in [0.25, 0.3) is 0 Å². The number of benzene rings is 1. The van der Waals surface area contributed by atoms with E-state index in [4.69, 9.17) is 17.3 Å². The maximum atomic E-state index is 12.7. The minimum absolute atomic E-state index is 0.267. The molecule has 16 heavy (non-hydrogen) atoms. The van der Waals surface area contributed by atoms with Crippen LogP contribution in [0.5, 0.6) is 0 Å². The third-order valence-electron chi connectivity index (χ3n) is 1.62. The van der Waals surface area contributed by atoms with Crippen LogP contribution in [0.3, 0.4) is 0 Å². The van der Waals surface area contributed by atoms with E-state index in [1.54, 1.807) is 0 Å². The van der Waals surface area contributed by atoms with E-state index in [-0.39, 0.29) is 9.92 Å². The first-order valence-corrected chi connectivity index (χ1v) is 5.92. The first-order valence-electron chi connectivity index (χ1n) is 4.06. The van der Waals surface area contributed by atoms with E-state index in [2.05, 4.69) is 0 Å². The van der Waals surface area contributed by atoms with Crippen molar-refractivity contribution in [3.05, 3.63) is 29.0 Å². The summed E-state index contributed by atoms with van der Waals surface area (Å²) in [6, 6.07) is 2.81. The average Bonchev–Trinajstić information content (AvgIpc) is 2.14. The Labute approximate surface area is 96.4 Å². The lowest BCUT2D eigenvalue weighted by atomic mass is 10.3. The van der Waals surface area contributed by atoms with Crippen LogP contribution in [-0.2, 0) is 14.8 Å². The van der Waals surface area contributed by atoms with Crippen LogP contribution in [0.1, 0.15) is 0 Å². The summed E-state index contributed by atoms with van der Waals surface area (Å²) in [7, 11) is -3.95. The molecule has 0 aliphatic rings. The molecule has 8 heteroatoms. The standard InChI is InChI=1S/C8H8ClFN2O3S/c9-6-3-5(10)1-2-7(6)16(14,15)12-4-8(11)13/h1-3,12H,4H2,(H2,11,13). The number of sulfonamides is 1. The summed E-state index contributed by atoms with van der Waals surface area (Å²) >= 11 is 5.55. The highest BCUT2D eigenvalue weighted by atomic mass is 35.5. The number of amides is 1. The van der Waals surface area contributed by atoms with Crippen molar-refractivity contribution in [2.45, 2.75) is 4.90 Å². The zero-order valence-corrected chi connectivity index (χ0v) is 9.48. The highest BCUT2D eigenvalue weighted by Crippen LogP contribution is 2.21. The molecule has 0 bridgehead atoms. The summed E-state index contributed by atoms with van der Waals surface area (Å²) in [4.78, 5) is 10.1. The molecule has 88 valence electrons. The Kier molecular flexibility index (Phi) is 3.84. The lowest BCUT2D eigenvalue weighted by Crippen LogP contribution is -2.33. The molecule has 0 aliphatic heterocycles. The van der Waals surface area contributed by atoms with Gasteiger partial charge in [-0.2, -0.15) is 0 Å². The van der Waals surface area contributed by atoms with Gasteiger partial charge in [0.15, 0.2) is 0 Å². The van der Waals surface area contributed by atoms with Crippen molar-refractivity contribution in [2.24, 2.45) is 5.73 Å². The second-order valence-electron chi connectivity index (χ2n) is 2.87. The Balaban J connectivity index is 3.03. The molecule has 0 spiro atoms. The van der Waals surface area contributed by atoms with Gasteiger partial charge in [-0.1, -0.05) is 11.6 Å².